The van der Waals surface area contributed by atoms with Gasteiger partial charge in [-0.3, -0.25) is 9.69 Å². The molecule has 1 saturated heterocycles. The molecule has 0 amide bonds. The lowest BCUT2D eigenvalue weighted by Gasteiger charge is -2.29. The number of likely N-dealkylation sites (tertiary alicyclic amines) is 1. The first-order chi connectivity index (χ1) is 8.81. The van der Waals surface area contributed by atoms with Crippen LogP contribution in [0.2, 0.25) is 0 Å². The minimum absolute atomic E-state index is 0.299. The SMILES string of the molecule is CCCCN1CCCC(=O)CC1c1ccccc1. The summed E-state index contributed by atoms with van der Waals surface area (Å²) < 4.78 is 0. The normalized spacial score (nSPS) is 21.8. The lowest BCUT2D eigenvalue weighted by molar-refractivity contribution is -0.119. The van der Waals surface area contributed by atoms with E-state index in [1.165, 1.54) is 18.4 Å². The van der Waals surface area contributed by atoms with Crippen molar-refractivity contribution in [2.24, 2.45) is 0 Å². The van der Waals surface area contributed by atoms with Crippen molar-refractivity contribution < 1.29 is 4.79 Å². The molecule has 0 spiro atoms. The number of hydrogen-bond donors (Lipinski definition) is 0. The molecule has 0 aromatic heterocycles. The van der Waals surface area contributed by atoms with E-state index >= 15 is 0 Å². The molecular formula is C16H23NO. The highest BCUT2D eigenvalue weighted by atomic mass is 16.1. The first-order valence-electron chi connectivity index (χ1n) is 7.12. The number of benzene rings is 1. The van der Waals surface area contributed by atoms with E-state index < -0.39 is 0 Å². The van der Waals surface area contributed by atoms with Gasteiger partial charge in [0.15, 0.2) is 0 Å². The molecule has 1 fully saturated rings. The predicted octanol–water partition coefficient (Wildman–Crippen LogP) is 3.58. The second-order valence-corrected chi connectivity index (χ2v) is 5.16. The van der Waals surface area contributed by atoms with E-state index in [1.54, 1.807) is 0 Å². The quantitative estimate of drug-likeness (QED) is 0.808. The lowest BCUT2D eigenvalue weighted by atomic mass is 10.00. The third-order valence-electron chi connectivity index (χ3n) is 3.75. The molecule has 0 aliphatic carbocycles. The third kappa shape index (κ3) is 3.42. The summed E-state index contributed by atoms with van der Waals surface area (Å²) in [6, 6.07) is 10.8. The molecule has 18 heavy (non-hydrogen) atoms. The van der Waals surface area contributed by atoms with Gasteiger partial charge in [-0.25, -0.2) is 0 Å². The van der Waals surface area contributed by atoms with E-state index in [4.69, 9.17) is 0 Å². The van der Waals surface area contributed by atoms with E-state index in [-0.39, 0.29) is 0 Å². The molecule has 2 nitrogen and oxygen atoms in total. The molecule has 1 aliphatic heterocycles. The predicted molar refractivity (Wildman–Crippen MR) is 74.5 cm³/mol. The second kappa shape index (κ2) is 6.69. The van der Waals surface area contributed by atoms with Crippen LogP contribution in [-0.2, 0) is 4.79 Å². The van der Waals surface area contributed by atoms with E-state index in [9.17, 15) is 4.79 Å². The van der Waals surface area contributed by atoms with Gasteiger partial charge >= 0.3 is 0 Å². The van der Waals surface area contributed by atoms with Crippen molar-refractivity contribution in [3.63, 3.8) is 0 Å². The summed E-state index contributed by atoms with van der Waals surface area (Å²) in [5.41, 5.74) is 1.30. The standard InChI is InChI=1S/C16H23NO/c1-2-3-11-17-12-7-10-15(18)13-16(17)14-8-5-4-6-9-14/h4-6,8-9,16H,2-3,7,10-13H2,1H3. The van der Waals surface area contributed by atoms with Gasteiger partial charge in [-0.1, -0.05) is 43.7 Å². The van der Waals surface area contributed by atoms with Gasteiger partial charge in [0, 0.05) is 18.9 Å². The largest absolute Gasteiger partial charge is 0.300 e. The number of carbonyl (C=O) groups is 1. The van der Waals surface area contributed by atoms with E-state index in [2.05, 4.69) is 36.1 Å². The van der Waals surface area contributed by atoms with Gasteiger partial charge in [-0.15, -0.1) is 0 Å². The number of rotatable bonds is 4. The van der Waals surface area contributed by atoms with Gasteiger partial charge in [0.1, 0.15) is 5.78 Å². The highest BCUT2D eigenvalue weighted by molar-refractivity contribution is 5.79. The Morgan fingerprint density at radius 2 is 2.06 bits per heavy atom. The van der Waals surface area contributed by atoms with Crippen LogP contribution in [0.15, 0.2) is 30.3 Å². The van der Waals surface area contributed by atoms with Crippen molar-refractivity contribution in [3.8, 4) is 0 Å². The smallest absolute Gasteiger partial charge is 0.134 e. The zero-order valence-electron chi connectivity index (χ0n) is 11.3. The van der Waals surface area contributed by atoms with Crippen LogP contribution in [0.25, 0.3) is 0 Å². The van der Waals surface area contributed by atoms with Crippen LogP contribution in [0.5, 0.6) is 0 Å². The Morgan fingerprint density at radius 1 is 1.28 bits per heavy atom. The molecule has 0 radical (unpaired) electrons. The van der Waals surface area contributed by atoms with Gasteiger partial charge in [0.2, 0.25) is 0 Å². The Bertz CT molecular complexity index is 374. The van der Waals surface area contributed by atoms with Crippen molar-refractivity contribution >= 4 is 5.78 Å². The minimum Gasteiger partial charge on any atom is -0.300 e. The van der Waals surface area contributed by atoms with Crippen molar-refractivity contribution in [1.29, 1.82) is 0 Å². The van der Waals surface area contributed by atoms with Crippen LogP contribution in [0.4, 0.5) is 0 Å². The maximum atomic E-state index is 11.9. The van der Waals surface area contributed by atoms with Crippen molar-refractivity contribution in [3.05, 3.63) is 35.9 Å². The number of hydrogen-bond acceptors (Lipinski definition) is 2. The Balaban J connectivity index is 2.16. The number of Topliss-reactive ketones (excluding diaryl/α,β-unsaturated/α-hetero) is 1. The maximum absolute atomic E-state index is 11.9. The highest BCUT2D eigenvalue weighted by Crippen LogP contribution is 2.28. The summed E-state index contributed by atoms with van der Waals surface area (Å²) in [6.07, 6.45) is 4.90. The first kappa shape index (κ1) is 13.3. The maximum Gasteiger partial charge on any atom is 0.134 e. The molecule has 1 aromatic rings. The Labute approximate surface area is 110 Å². The second-order valence-electron chi connectivity index (χ2n) is 5.16. The van der Waals surface area contributed by atoms with E-state index in [0.717, 1.165) is 25.9 Å². The molecule has 1 atom stereocenters. The molecule has 1 aromatic carbocycles. The fraction of sp³-hybridized carbons (Fsp3) is 0.562. The lowest BCUT2D eigenvalue weighted by Crippen LogP contribution is -2.30. The molecule has 0 N–H and O–H groups in total. The van der Waals surface area contributed by atoms with Crippen LogP contribution in [0, 0.1) is 0 Å². The van der Waals surface area contributed by atoms with Gasteiger partial charge in [-0.05, 0) is 31.5 Å². The van der Waals surface area contributed by atoms with Gasteiger partial charge in [-0.2, -0.15) is 0 Å². The first-order valence-corrected chi connectivity index (χ1v) is 7.12. The Morgan fingerprint density at radius 3 is 2.78 bits per heavy atom. The van der Waals surface area contributed by atoms with Crippen LogP contribution in [-0.4, -0.2) is 23.8 Å². The summed E-state index contributed by atoms with van der Waals surface area (Å²) >= 11 is 0. The Kier molecular flexibility index (Phi) is 4.94. The zero-order chi connectivity index (χ0) is 12.8. The van der Waals surface area contributed by atoms with Gasteiger partial charge < -0.3 is 0 Å². The van der Waals surface area contributed by atoms with Crippen molar-refractivity contribution in [2.75, 3.05) is 13.1 Å². The summed E-state index contributed by atoms with van der Waals surface area (Å²) in [7, 11) is 0. The fourth-order valence-corrected chi connectivity index (χ4v) is 2.71. The molecule has 2 heteroatoms. The van der Waals surface area contributed by atoms with Crippen LogP contribution < -0.4 is 0 Å². The average Bonchev–Trinajstić information content (AvgIpc) is 2.59. The molecule has 1 aliphatic rings. The van der Waals surface area contributed by atoms with Gasteiger partial charge in [0.05, 0.1) is 0 Å². The van der Waals surface area contributed by atoms with E-state index in [1.807, 2.05) is 6.07 Å². The molecule has 1 heterocycles. The third-order valence-corrected chi connectivity index (χ3v) is 3.75. The monoisotopic (exact) mass is 245 g/mol. The van der Waals surface area contributed by atoms with Crippen molar-refractivity contribution in [2.45, 2.75) is 45.1 Å². The molecule has 1 unspecified atom stereocenters. The minimum atomic E-state index is 0.299. The molecule has 2 rings (SSSR count). The van der Waals surface area contributed by atoms with Crippen LogP contribution >= 0.6 is 0 Å². The van der Waals surface area contributed by atoms with Gasteiger partial charge in [0.25, 0.3) is 0 Å². The fourth-order valence-electron chi connectivity index (χ4n) is 2.71. The highest BCUT2D eigenvalue weighted by Gasteiger charge is 2.25. The molecule has 98 valence electrons. The summed E-state index contributed by atoms with van der Waals surface area (Å²) in [6.45, 7) is 4.40. The molecule has 0 bridgehead atoms. The summed E-state index contributed by atoms with van der Waals surface area (Å²) in [5.74, 6) is 0.419. The van der Waals surface area contributed by atoms with Crippen LogP contribution in [0.3, 0.4) is 0 Å². The number of ketones is 1. The summed E-state index contributed by atoms with van der Waals surface area (Å²) in [4.78, 5) is 14.4. The number of nitrogens with zero attached hydrogens (tertiary/aromatic N) is 1. The summed E-state index contributed by atoms with van der Waals surface area (Å²) in [5, 5.41) is 0. The van der Waals surface area contributed by atoms with Crippen LogP contribution in [0.1, 0.15) is 50.6 Å². The number of carbonyl (C=O) groups excluding carboxylic acids is 1. The zero-order valence-corrected chi connectivity index (χ0v) is 11.3. The molecular weight excluding hydrogens is 222 g/mol. The number of unbranched alkanes of at least 4 members (excludes halogenated alkanes) is 1. The molecule has 0 saturated carbocycles. The van der Waals surface area contributed by atoms with Crippen molar-refractivity contribution in [1.82, 2.24) is 4.90 Å². The average molecular weight is 245 g/mol. The Hall–Kier alpha value is -1.15. The van der Waals surface area contributed by atoms with E-state index in [0.29, 0.717) is 18.2 Å². The topological polar surface area (TPSA) is 20.3 Å².